The average molecular weight is 282 g/mol. The number of halogens is 1. The van der Waals surface area contributed by atoms with Crippen LogP contribution in [-0.2, 0) is 0 Å². The topological polar surface area (TPSA) is 20.3 Å². The van der Waals surface area contributed by atoms with Crippen molar-refractivity contribution in [3.63, 3.8) is 0 Å². The number of carbonyl (C=O) groups excluding carboxylic acids is 1. The second-order valence-electron chi connectivity index (χ2n) is 4.31. The maximum Gasteiger partial charge on any atom is 0.255 e. The first-order chi connectivity index (χ1) is 7.63. The highest BCUT2D eigenvalue weighted by Gasteiger charge is 2.32. The van der Waals surface area contributed by atoms with Crippen molar-refractivity contribution in [2.24, 2.45) is 0 Å². The van der Waals surface area contributed by atoms with Crippen LogP contribution in [0.5, 0.6) is 0 Å². The van der Waals surface area contributed by atoms with Crippen molar-refractivity contribution in [1.82, 2.24) is 4.90 Å². The zero-order chi connectivity index (χ0) is 11.7. The molecule has 1 aromatic carbocycles. The summed E-state index contributed by atoms with van der Waals surface area (Å²) in [6.45, 7) is 4.86. The molecule has 1 fully saturated rings. The lowest BCUT2D eigenvalue weighted by atomic mass is 10.1. The van der Waals surface area contributed by atoms with Gasteiger partial charge in [-0.25, -0.2) is 0 Å². The lowest BCUT2D eigenvalue weighted by Gasteiger charge is -2.21. The molecule has 0 heterocycles. The van der Waals surface area contributed by atoms with Crippen molar-refractivity contribution in [3.8, 4) is 0 Å². The number of benzene rings is 1. The third kappa shape index (κ3) is 2.29. The Kier molecular flexibility index (Phi) is 3.33. The SMILES string of the molecule is CCN(C(=O)c1ccc(C)cc1Br)C1CC1. The molecule has 0 unspecified atom stereocenters. The molecule has 2 nitrogen and oxygen atoms in total. The number of hydrogen-bond acceptors (Lipinski definition) is 1. The van der Waals surface area contributed by atoms with Crippen LogP contribution in [0, 0.1) is 6.92 Å². The number of nitrogens with zero attached hydrogens (tertiary/aromatic N) is 1. The second kappa shape index (κ2) is 4.58. The number of carbonyl (C=O) groups is 1. The highest BCUT2D eigenvalue weighted by Crippen LogP contribution is 2.29. The Morgan fingerprint density at radius 2 is 2.19 bits per heavy atom. The van der Waals surface area contributed by atoms with Gasteiger partial charge in [0.05, 0.1) is 5.56 Å². The fraction of sp³-hybridized carbons (Fsp3) is 0.462. The van der Waals surface area contributed by atoms with Crippen LogP contribution in [0.1, 0.15) is 35.7 Å². The van der Waals surface area contributed by atoms with E-state index < -0.39 is 0 Å². The van der Waals surface area contributed by atoms with Crippen molar-refractivity contribution in [2.75, 3.05) is 6.54 Å². The van der Waals surface area contributed by atoms with Crippen LogP contribution in [-0.4, -0.2) is 23.4 Å². The van der Waals surface area contributed by atoms with E-state index in [2.05, 4.69) is 15.9 Å². The zero-order valence-electron chi connectivity index (χ0n) is 9.66. The maximum atomic E-state index is 12.3. The smallest absolute Gasteiger partial charge is 0.255 e. The molecule has 0 saturated heterocycles. The quantitative estimate of drug-likeness (QED) is 0.832. The highest BCUT2D eigenvalue weighted by molar-refractivity contribution is 9.10. The molecular weight excluding hydrogens is 266 g/mol. The van der Waals surface area contributed by atoms with E-state index in [9.17, 15) is 4.79 Å². The predicted octanol–water partition coefficient (Wildman–Crippen LogP) is 3.38. The molecule has 0 atom stereocenters. The Bertz CT molecular complexity index is 412. The van der Waals surface area contributed by atoms with Crippen LogP contribution in [0.15, 0.2) is 22.7 Å². The minimum Gasteiger partial charge on any atom is -0.336 e. The van der Waals surface area contributed by atoms with Gasteiger partial charge in [-0.15, -0.1) is 0 Å². The van der Waals surface area contributed by atoms with Crippen LogP contribution < -0.4 is 0 Å². The van der Waals surface area contributed by atoms with Crippen molar-refractivity contribution in [2.45, 2.75) is 32.7 Å². The summed E-state index contributed by atoms with van der Waals surface area (Å²) in [5.41, 5.74) is 1.94. The first kappa shape index (κ1) is 11.6. The molecular formula is C13H16BrNO. The van der Waals surface area contributed by atoms with E-state index in [-0.39, 0.29) is 5.91 Å². The molecule has 1 amide bonds. The minimum absolute atomic E-state index is 0.150. The van der Waals surface area contributed by atoms with Gasteiger partial charge >= 0.3 is 0 Å². The van der Waals surface area contributed by atoms with Gasteiger partial charge in [0.1, 0.15) is 0 Å². The number of aryl methyl sites for hydroxylation is 1. The lowest BCUT2D eigenvalue weighted by Crippen LogP contribution is -2.33. The standard InChI is InChI=1S/C13H16BrNO/c1-3-15(10-5-6-10)13(16)11-7-4-9(2)8-12(11)14/h4,7-8,10H,3,5-6H2,1-2H3. The second-order valence-corrected chi connectivity index (χ2v) is 5.16. The van der Waals surface area contributed by atoms with Crippen LogP contribution in [0.4, 0.5) is 0 Å². The Balaban J connectivity index is 2.25. The van der Waals surface area contributed by atoms with E-state index >= 15 is 0 Å². The summed E-state index contributed by atoms with van der Waals surface area (Å²) in [4.78, 5) is 14.3. The summed E-state index contributed by atoms with van der Waals surface area (Å²) in [5.74, 6) is 0.150. The van der Waals surface area contributed by atoms with Crippen LogP contribution in [0.2, 0.25) is 0 Å². The van der Waals surface area contributed by atoms with Gasteiger partial charge in [0.25, 0.3) is 5.91 Å². The fourth-order valence-corrected chi connectivity index (χ4v) is 2.56. The predicted molar refractivity (Wildman–Crippen MR) is 68.6 cm³/mol. The molecule has 0 aliphatic heterocycles. The Morgan fingerprint density at radius 3 is 2.69 bits per heavy atom. The summed E-state index contributed by atoms with van der Waals surface area (Å²) < 4.78 is 0.900. The van der Waals surface area contributed by atoms with Gasteiger partial charge in [-0.05, 0) is 60.3 Å². The van der Waals surface area contributed by atoms with E-state index in [1.54, 1.807) is 0 Å². The summed E-state index contributed by atoms with van der Waals surface area (Å²) in [5, 5.41) is 0. The Hall–Kier alpha value is -0.830. The molecule has 1 saturated carbocycles. The fourth-order valence-electron chi connectivity index (χ4n) is 1.90. The Morgan fingerprint density at radius 1 is 1.50 bits per heavy atom. The van der Waals surface area contributed by atoms with Crippen LogP contribution >= 0.6 is 15.9 Å². The van der Waals surface area contributed by atoms with Crippen molar-refractivity contribution in [3.05, 3.63) is 33.8 Å². The van der Waals surface area contributed by atoms with Crippen molar-refractivity contribution < 1.29 is 4.79 Å². The minimum atomic E-state index is 0.150. The van der Waals surface area contributed by atoms with Crippen LogP contribution in [0.3, 0.4) is 0 Å². The maximum absolute atomic E-state index is 12.3. The summed E-state index contributed by atoms with van der Waals surface area (Å²) in [6.07, 6.45) is 2.31. The largest absolute Gasteiger partial charge is 0.336 e. The summed E-state index contributed by atoms with van der Waals surface area (Å²) in [6, 6.07) is 6.37. The highest BCUT2D eigenvalue weighted by atomic mass is 79.9. The molecule has 0 aromatic heterocycles. The number of amides is 1. The summed E-state index contributed by atoms with van der Waals surface area (Å²) >= 11 is 3.47. The molecule has 0 radical (unpaired) electrons. The van der Waals surface area contributed by atoms with Gasteiger partial charge in [-0.1, -0.05) is 6.07 Å². The van der Waals surface area contributed by atoms with E-state index in [0.717, 1.165) is 35.0 Å². The molecule has 2 rings (SSSR count). The third-order valence-corrected chi connectivity index (χ3v) is 3.60. The number of hydrogen-bond donors (Lipinski definition) is 0. The Labute approximate surface area is 105 Å². The normalized spacial score (nSPS) is 14.9. The zero-order valence-corrected chi connectivity index (χ0v) is 11.3. The molecule has 0 N–H and O–H groups in total. The van der Waals surface area contributed by atoms with E-state index in [1.807, 2.05) is 36.9 Å². The van der Waals surface area contributed by atoms with Gasteiger partial charge < -0.3 is 4.90 Å². The number of rotatable bonds is 3. The van der Waals surface area contributed by atoms with E-state index in [4.69, 9.17) is 0 Å². The molecule has 86 valence electrons. The molecule has 1 aromatic rings. The molecule has 0 bridgehead atoms. The van der Waals surface area contributed by atoms with E-state index in [0.29, 0.717) is 6.04 Å². The third-order valence-electron chi connectivity index (χ3n) is 2.94. The lowest BCUT2D eigenvalue weighted by molar-refractivity contribution is 0.0751. The van der Waals surface area contributed by atoms with Gasteiger partial charge in [0.15, 0.2) is 0 Å². The van der Waals surface area contributed by atoms with Gasteiger partial charge in [0.2, 0.25) is 0 Å². The summed E-state index contributed by atoms with van der Waals surface area (Å²) in [7, 11) is 0. The van der Waals surface area contributed by atoms with Gasteiger partial charge in [-0.2, -0.15) is 0 Å². The van der Waals surface area contributed by atoms with Crippen molar-refractivity contribution in [1.29, 1.82) is 0 Å². The first-order valence-corrected chi connectivity index (χ1v) is 6.50. The molecule has 3 heteroatoms. The first-order valence-electron chi connectivity index (χ1n) is 5.70. The molecule has 0 spiro atoms. The molecule has 1 aliphatic carbocycles. The molecule has 1 aliphatic rings. The monoisotopic (exact) mass is 281 g/mol. The van der Waals surface area contributed by atoms with E-state index in [1.165, 1.54) is 0 Å². The van der Waals surface area contributed by atoms with Gasteiger partial charge in [-0.3, -0.25) is 4.79 Å². The van der Waals surface area contributed by atoms with Crippen LogP contribution in [0.25, 0.3) is 0 Å². The molecule has 16 heavy (non-hydrogen) atoms. The van der Waals surface area contributed by atoms with Crippen molar-refractivity contribution >= 4 is 21.8 Å². The average Bonchev–Trinajstić information content (AvgIpc) is 3.02. The van der Waals surface area contributed by atoms with Gasteiger partial charge in [0, 0.05) is 17.1 Å².